The van der Waals surface area contributed by atoms with E-state index in [0.29, 0.717) is 5.56 Å². The Morgan fingerprint density at radius 3 is 2.77 bits per heavy atom. The van der Waals surface area contributed by atoms with Crippen LogP contribution in [0.2, 0.25) is 0 Å². The lowest BCUT2D eigenvalue weighted by Gasteiger charge is -2.12. The molecule has 3 aromatic rings. The molecule has 0 saturated carbocycles. The predicted molar refractivity (Wildman–Crippen MR) is 99.9 cm³/mol. The van der Waals surface area contributed by atoms with Crippen molar-refractivity contribution in [3.8, 4) is 11.4 Å². The molecule has 1 aliphatic rings. The van der Waals surface area contributed by atoms with Gasteiger partial charge in [0.1, 0.15) is 5.82 Å². The van der Waals surface area contributed by atoms with Gasteiger partial charge in [-0.05, 0) is 43.5 Å². The van der Waals surface area contributed by atoms with Crippen molar-refractivity contribution >= 4 is 11.6 Å². The maximum Gasteiger partial charge on any atom is 0.255 e. The molecule has 0 saturated heterocycles. The second-order valence-corrected chi connectivity index (χ2v) is 6.62. The monoisotopic (exact) mass is 347 g/mol. The molecule has 0 unspecified atom stereocenters. The molecule has 2 aromatic heterocycles. The molecule has 1 aliphatic heterocycles. The first-order chi connectivity index (χ1) is 12.7. The van der Waals surface area contributed by atoms with Crippen LogP contribution in [0.3, 0.4) is 0 Å². The van der Waals surface area contributed by atoms with Gasteiger partial charge in [-0.2, -0.15) is 0 Å². The molecule has 6 heteroatoms. The summed E-state index contributed by atoms with van der Waals surface area (Å²) in [5.74, 6) is 1.79. The van der Waals surface area contributed by atoms with Crippen molar-refractivity contribution in [3.05, 3.63) is 59.7 Å². The molecule has 4 rings (SSSR count). The van der Waals surface area contributed by atoms with E-state index in [4.69, 9.17) is 0 Å². The number of pyridine rings is 1. The minimum absolute atomic E-state index is 0.146. The number of carbonyl (C=O) groups excluding carboxylic acids is 1. The number of hydrogen-bond acceptors (Lipinski definition) is 4. The van der Waals surface area contributed by atoms with Gasteiger partial charge in [0.2, 0.25) is 0 Å². The highest BCUT2D eigenvalue weighted by atomic mass is 16.1. The Balaban J connectivity index is 1.65. The number of amides is 1. The zero-order chi connectivity index (χ0) is 17.9. The van der Waals surface area contributed by atoms with Crippen molar-refractivity contribution < 1.29 is 4.79 Å². The van der Waals surface area contributed by atoms with E-state index in [1.807, 2.05) is 25.1 Å². The highest BCUT2D eigenvalue weighted by Crippen LogP contribution is 2.27. The molecule has 1 amide bonds. The van der Waals surface area contributed by atoms with Crippen LogP contribution in [0.25, 0.3) is 11.4 Å². The number of anilines is 1. The van der Waals surface area contributed by atoms with E-state index >= 15 is 0 Å². The highest BCUT2D eigenvalue weighted by molar-refractivity contribution is 6.04. The molecule has 1 N–H and O–H groups in total. The summed E-state index contributed by atoms with van der Waals surface area (Å²) in [4.78, 5) is 16.4. The van der Waals surface area contributed by atoms with E-state index in [1.165, 1.54) is 12.8 Å². The maximum absolute atomic E-state index is 12.5. The molecule has 1 aromatic carbocycles. The summed E-state index contributed by atoms with van der Waals surface area (Å²) in [5, 5.41) is 11.8. The summed E-state index contributed by atoms with van der Waals surface area (Å²) in [7, 11) is 0. The molecule has 0 spiro atoms. The van der Waals surface area contributed by atoms with Gasteiger partial charge in [-0.3, -0.25) is 9.78 Å². The molecule has 0 bridgehead atoms. The quantitative estimate of drug-likeness (QED) is 0.785. The molecule has 3 heterocycles. The Labute approximate surface area is 152 Å². The lowest BCUT2D eigenvalue weighted by Crippen LogP contribution is -2.13. The van der Waals surface area contributed by atoms with E-state index in [9.17, 15) is 4.79 Å². The van der Waals surface area contributed by atoms with Crippen LogP contribution in [0.5, 0.6) is 0 Å². The molecule has 0 atom stereocenters. The van der Waals surface area contributed by atoms with Crippen LogP contribution in [0.4, 0.5) is 5.69 Å². The summed E-state index contributed by atoms with van der Waals surface area (Å²) >= 11 is 0. The zero-order valence-corrected chi connectivity index (χ0v) is 14.8. The third-order valence-electron chi connectivity index (χ3n) is 4.80. The number of aromatic nitrogens is 4. The van der Waals surface area contributed by atoms with Gasteiger partial charge in [-0.25, -0.2) is 0 Å². The smallest absolute Gasteiger partial charge is 0.255 e. The summed E-state index contributed by atoms with van der Waals surface area (Å²) in [6.45, 7) is 2.93. The third-order valence-corrected chi connectivity index (χ3v) is 4.80. The molecule has 6 nitrogen and oxygen atoms in total. The van der Waals surface area contributed by atoms with Gasteiger partial charge in [0.15, 0.2) is 5.82 Å². The van der Waals surface area contributed by atoms with Crippen molar-refractivity contribution in [2.45, 2.75) is 39.2 Å². The highest BCUT2D eigenvalue weighted by Gasteiger charge is 2.17. The van der Waals surface area contributed by atoms with Gasteiger partial charge in [0.05, 0.1) is 0 Å². The van der Waals surface area contributed by atoms with Crippen molar-refractivity contribution in [2.75, 3.05) is 5.32 Å². The lowest BCUT2D eigenvalue weighted by atomic mass is 10.1. The minimum Gasteiger partial charge on any atom is -0.322 e. The minimum atomic E-state index is -0.146. The summed E-state index contributed by atoms with van der Waals surface area (Å²) in [6, 6.07) is 9.44. The Bertz CT molecular complexity index is 933. The molecule has 0 radical (unpaired) electrons. The van der Waals surface area contributed by atoms with E-state index in [0.717, 1.165) is 47.8 Å². The molecular formula is C20H21N5O. The van der Waals surface area contributed by atoms with Crippen molar-refractivity contribution in [1.29, 1.82) is 0 Å². The van der Waals surface area contributed by atoms with Crippen LogP contribution < -0.4 is 5.32 Å². The maximum atomic E-state index is 12.5. The normalized spacial score (nSPS) is 13.7. The van der Waals surface area contributed by atoms with Gasteiger partial charge in [-0.15, -0.1) is 10.2 Å². The van der Waals surface area contributed by atoms with Crippen LogP contribution in [0.1, 0.15) is 41.0 Å². The van der Waals surface area contributed by atoms with E-state index < -0.39 is 0 Å². The Kier molecular flexibility index (Phi) is 4.48. The van der Waals surface area contributed by atoms with Crippen LogP contribution in [0, 0.1) is 6.92 Å². The predicted octanol–water partition coefficient (Wildman–Crippen LogP) is 3.63. The van der Waals surface area contributed by atoms with Crippen LogP contribution in [-0.4, -0.2) is 25.7 Å². The average molecular weight is 347 g/mol. The van der Waals surface area contributed by atoms with E-state index in [1.54, 1.807) is 24.5 Å². The third kappa shape index (κ3) is 3.22. The number of nitrogens with one attached hydrogen (secondary N) is 1. The fourth-order valence-corrected chi connectivity index (χ4v) is 3.29. The molecule has 0 aliphatic carbocycles. The average Bonchev–Trinajstić information content (AvgIpc) is 2.92. The number of carbonyl (C=O) groups is 1. The molecule has 0 fully saturated rings. The van der Waals surface area contributed by atoms with Gasteiger partial charge in [0, 0.05) is 42.2 Å². The fraction of sp³-hybridized carbons (Fsp3) is 0.300. The second kappa shape index (κ2) is 7.07. The zero-order valence-electron chi connectivity index (χ0n) is 14.8. The Morgan fingerprint density at radius 1 is 1.08 bits per heavy atom. The number of hydrogen-bond donors (Lipinski definition) is 1. The Morgan fingerprint density at radius 2 is 1.92 bits per heavy atom. The first kappa shape index (κ1) is 16.4. The number of benzene rings is 1. The SMILES string of the molecule is Cc1ccc(-c2nnc3n2CCCCC3)cc1NC(=O)c1ccncc1. The molecular weight excluding hydrogens is 326 g/mol. The van der Waals surface area contributed by atoms with Crippen LogP contribution in [-0.2, 0) is 13.0 Å². The van der Waals surface area contributed by atoms with E-state index in [-0.39, 0.29) is 5.91 Å². The largest absolute Gasteiger partial charge is 0.322 e. The molecule has 132 valence electrons. The number of nitrogens with zero attached hydrogens (tertiary/aromatic N) is 4. The van der Waals surface area contributed by atoms with Gasteiger partial charge < -0.3 is 9.88 Å². The number of aryl methyl sites for hydroxylation is 2. The number of fused-ring (bicyclic) bond motifs is 1. The second-order valence-electron chi connectivity index (χ2n) is 6.62. The van der Waals surface area contributed by atoms with Crippen molar-refractivity contribution in [2.24, 2.45) is 0 Å². The first-order valence-corrected chi connectivity index (χ1v) is 8.97. The topological polar surface area (TPSA) is 72.7 Å². The summed E-state index contributed by atoms with van der Waals surface area (Å²) in [6.07, 6.45) is 7.75. The van der Waals surface area contributed by atoms with Crippen LogP contribution >= 0.6 is 0 Å². The van der Waals surface area contributed by atoms with Crippen molar-refractivity contribution in [1.82, 2.24) is 19.7 Å². The lowest BCUT2D eigenvalue weighted by molar-refractivity contribution is 0.102. The van der Waals surface area contributed by atoms with Crippen LogP contribution in [0.15, 0.2) is 42.7 Å². The first-order valence-electron chi connectivity index (χ1n) is 8.97. The summed E-state index contributed by atoms with van der Waals surface area (Å²) < 4.78 is 2.21. The molecule has 26 heavy (non-hydrogen) atoms. The van der Waals surface area contributed by atoms with Gasteiger partial charge in [-0.1, -0.05) is 18.6 Å². The van der Waals surface area contributed by atoms with E-state index in [2.05, 4.69) is 25.1 Å². The van der Waals surface area contributed by atoms with Crippen molar-refractivity contribution in [3.63, 3.8) is 0 Å². The standard InChI is InChI=1S/C20H21N5O/c1-14-6-7-16(19-24-23-18-5-3-2-4-12-25(18)19)13-17(14)22-20(26)15-8-10-21-11-9-15/h6-11,13H,2-5,12H2,1H3,(H,22,26). The van der Waals surface area contributed by atoms with Gasteiger partial charge >= 0.3 is 0 Å². The summed E-state index contributed by atoms with van der Waals surface area (Å²) in [5.41, 5.74) is 3.35. The Hall–Kier alpha value is -3.02. The fourth-order valence-electron chi connectivity index (χ4n) is 3.29. The number of rotatable bonds is 3. The van der Waals surface area contributed by atoms with Gasteiger partial charge in [0.25, 0.3) is 5.91 Å².